The lowest BCUT2D eigenvalue weighted by Gasteiger charge is -2.17. The van der Waals surface area contributed by atoms with Crippen molar-refractivity contribution in [2.75, 3.05) is 17.2 Å². The van der Waals surface area contributed by atoms with Gasteiger partial charge in [0, 0.05) is 35.3 Å². The number of halogens is 1. The van der Waals surface area contributed by atoms with Crippen LogP contribution >= 0.6 is 10.7 Å². The first-order chi connectivity index (χ1) is 8.89. The zero-order chi connectivity index (χ0) is 14.0. The van der Waals surface area contributed by atoms with Gasteiger partial charge in [0.1, 0.15) is 0 Å². The summed E-state index contributed by atoms with van der Waals surface area (Å²) in [5.74, 6) is -0.413. The Balaban J connectivity index is 2.15. The van der Waals surface area contributed by atoms with E-state index in [2.05, 4.69) is 0 Å². The number of aryl methyl sites for hydroxylation is 1. The van der Waals surface area contributed by atoms with Crippen LogP contribution in [-0.4, -0.2) is 26.6 Å². The van der Waals surface area contributed by atoms with E-state index in [-0.39, 0.29) is 24.0 Å². The van der Waals surface area contributed by atoms with E-state index in [1.54, 1.807) is 4.90 Å². The zero-order valence-corrected chi connectivity index (χ0v) is 12.2. The highest BCUT2D eigenvalue weighted by Gasteiger charge is 2.33. The summed E-state index contributed by atoms with van der Waals surface area (Å²) in [6.07, 6.45) is 1.14. The molecule has 1 fully saturated rings. The van der Waals surface area contributed by atoms with E-state index in [4.69, 9.17) is 10.7 Å². The average molecular weight is 302 g/mol. The highest BCUT2D eigenvalue weighted by atomic mass is 35.7. The first kappa shape index (κ1) is 14.3. The van der Waals surface area contributed by atoms with Crippen molar-refractivity contribution in [1.82, 2.24) is 0 Å². The fourth-order valence-electron chi connectivity index (χ4n) is 2.37. The summed E-state index contributed by atoms with van der Waals surface area (Å²) in [5, 5.41) is 0. The van der Waals surface area contributed by atoms with Gasteiger partial charge in [-0.2, -0.15) is 0 Å². The van der Waals surface area contributed by atoms with Crippen LogP contribution in [0.4, 0.5) is 5.69 Å². The summed E-state index contributed by atoms with van der Waals surface area (Å²) in [4.78, 5) is 13.6. The number of rotatable bonds is 4. The number of amides is 1. The van der Waals surface area contributed by atoms with Crippen molar-refractivity contribution in [2.24, 2.45) is 5.92 Å². The van der Waals surface area contributed by atoms with Crippen LogP contribution in [0.1, 0.15) is 18.9 Å². The second kappa shape index (κ2) is 5.51. The zero-order valence-electron chi connectivity index (χ0n) is 10.7. The molecule has 0 radical (unpaired) electrons. The molecule has 1 unspecified atom stereocenters. The maximum Gasteiger partial charge on any atom is 0.232 e. The summed E-state index contributed by atoms with van der Waals surface area (Å²) in [7, 11) is 1.69. The predicted molar refractivity (Wildman–Crippen MR) is 75.9 cm³/mol. The van der Waals surface area contributed by atoms with Gasteiger partial charge in [-0.25, -0.2) is 8.42 Å². The summed E-state index contributed by atoms with van der Waals surface area (Å²) in [6, 6.07) is 7.75. The van der Waals surface area contributed by atoms with Gasteiger partial charge in [0.25, 0.3) is 0 Å². The molecule has 1 aromatic carbocycles. The van der Waals surface area contributed by atoms with Gasteiger partial charge in [-0.05, 0) is 24.1 Å². The third-order valence-electron chi connectivity index (χ3n) is 3.27. The maximum atomic E-state index is 12.0. The molecular weight excluding hydrogens is 286 g/mol. The van der Waals surface area contributed by atoms with Crippen molar-refractivity contribution in [2.45, 2.75) is 19.8 Å². The molecule has 1 aliphatic heterocycles. The van der Waals surface area contributed by atoms with Crippen LogP contribution in [0, 0.1) is 5.92 Å². The van der Waals surface area contributed by atoms with Crippen molar-refractivity contribution < 1.29 is 13.2 Å². The van der Waals surface area contributed by atoms with E-state index < -0.39 is 9.05 Å². The maximum absolute atomic E-state index is 12.0. The normalized spacial score (nSPS) is 20.0. The van der Waals surface area contributed by atoms with Gasteiger partial charge in [-0.3, -0.25) is 4.79 Å². The largest absolute Gasteiger partial charge is 0.312 e. The van der Waals surface area contributed by atoms with Crippen molar-refractivity contribution in [3.05, 3.63) is 29.8 Å². The predicted octanol–water partition coefficient (Wildman–Crippen LogP) is 2.17. The third-order valence-corrected chi connectivity index (χ3v) is 4.52. The lowest BCUT2D eigenvalue weighted by atomic mass is 10.1. The third kappa shape index (κ3) is 3.70. The number of nitrogens with zero attached hydrogens (tertiary/aromatic N) is 1. The van der Waals surface area contributed by atoms with Crippen LogP contribution in [0.25, 0.3) is 0 Å². The van der Waals surface area contributed by atoms with Gasteiger partial charge in [-0.1, -0.05) is 19.1 Å². The van der Waals surface area contributed by atoms with Crippen molar-refractivity contribution in [3.63, 3.8) is 0 Å². The second-order valence-electron chi connectivity index (χ2n) is 4.80. The molecule has 2 rings (SSSR count). The molecule has 1 aromatic rings. The van der Waals surface area contributed by atoms with Crippen molar-refractivity contribution >= 4 is 31.3 Å². The quantitative estimate of drug-likeness (QED) is 0.801. The Hall–Kier alpha value is -1.07. The molecule has 104 valence electrons. The first-order valence-corrected chi connectivity index (χ1v) is 8.68. The second-order valence-corrected chi connectivity index (χ2v) is 7.63. The number of benzene rings is 1. The molecule has 0 N–H and O–H groups in total. The highest BCUT2D eigenvalue weighted by molar-refractivity contribution is 8.13. The number of hydrogen-bond donors (Lipinski definition) is 0. The fourth-order valence-corrected chi connectivity index (χ4v) is 3.69. The molecule has 0 aromatic heterocycles. The molecule has 1 heterocycles. The molecule has 1 atom stereocenters. The van der Waals surface area contributed by atoms with Crippen molar-refractivity contribution in [3.8, 4) is 0 Å². The molecule has 4 nitrogen and oxygen atoms in total. The number of hydrogen-bond acceptors (Lipinski definition) is 3. The molecule has 6 heteroatoms. The molecule has 19 heavy (non-hydrogen) atoms. The van der Waals surface area contributed by atoms with Crippen LogP contribution in [0.3, 0.4) is 0 Å². The Labute approximate surface area is 117 Å². The molecule has 1 aliphatic rings. The van der Waals surface area contributed by atoms with Gasteiger partial charge >= 0.3 is 0 Å². The van der Waals surface area contributed by atoms with Gasteiger partial charge in [-0.15, -0.1) is 0 Å². The van der Waals surface area contributed by atoms with E-state index in [9.17, 15) is 13.2 Å². The number of carbonyl (C=O) groups is 1. The standard InChI is InChI=1S/C13H16ClNO3S/c1-2-10-4-3-5-12(6-10)15-8-11(7-13(15)16)9-19(14,17)18/h3-6,11H,2,7-9H2,1H3. The van der Waals surface area contributed by atoms with Crippen LogP contribution in [0.15, 0.2) is 24.3 Å². The molecule has 0 aliphatic carbocycles. The van der Waals surface area contributed by atoms with E-state index >= 15 is 0 Å². The lowest BCUT2D eigenvalue weighted by molar-refractivity contribution is -0.117. The van der Waals surface area contributed by atoms with Gasteiger partial charge in [0.15, 0.2) is 0 Å². The van der Waals surface area contributed by atoms with E-state index in [0.29, 0.717) is 6.54 Å². The molecule has 0 spiro atoms. The molecule has 0 bridgehead atoms. The van der Waals surface area contributed by atoms with Gasteiger partial charge in [0.05, 0.1) is 5.75 Å². The number of anilines is 1. The first-order valence-electron chi connectivity index (χ1n) is 6.20. The molecule has 1 amide bonds. The Bertz CT molecular complexity index is 585. The van der Waals surface area contributed by atoms with Gasteiger partial charge in [0.2, 0.25) is 15.0 Å². The minimum Gasteiger partial charge on any atom is -0.312 e. The summed E-state index contributed by atoms with van der Waals surface area (Å²) >= 11 is 0. The SMILES string of the molecule is CCc1cccc(N2CC(CS(=O)(=O)Cl)CC2=O)c1. The fraction of sp³-hybridized carbons (Fsp3) is 0.462. The number of carbonyl (C=O) groups excluding carboxylic acids is 1. The summed E-state index contributed by atoms with van der Waals surface area (Å²) in [5.41, 5.74) is 1.98. The summed E-state index contributed by atoms with van der Waals surface area (Å²) < 4.78 is 22.1. The average Bonchev–Trinajstić information content (AvgIpc) is 2.68. The lowest BCUT2D eigenvalue weighted by Crippen LogP contribution is -2.25. The minimum atomic E-state index is -3.56. The Morgan fingerprint density at radius 3 is 2.79 bits per heavy atom. The Morgan fingerprint density at radius 1 is 1.42 bits per heavy atom. The van der Waals surface area contributed by atoms with Crippen LogP contribution in [0.2, 0.25) is 0 Å². The Kier molecular flexibility index (Phi) is 4.16. The van der Waals surface area contributed by atoms with Crippen LogP contribution in [0.5, 0.6) is 0 Å². The molecule has 0 saturated carbocycles. The van der Waals surface area contributed by atoms with E-state index in [1.807, 2.05) is 31.2 Å². The highest BCUT2D eigenvalue weighted by Crippen LogP contribution is 2.27. The Morgan fingerprint density at radius 2 is 2.16 bits per heavy atom. The van der Waals surface area contributed by atoms with E-state index in [0.717, 1.165) is 17.7 Å². The monoisotopic (exact) mass is 301 g/mol. The topological polar surface area (TPSA) is 54.5 Å². The summed E-state index contributed by atoms with van der Waals surface area (Å²) in [6.45, 7) is 2.46. The van der Waals surface area contributed by atoms with Crippen LogP contribution in [-0.2, 0) is 20.3 Å². The van der Waals surface area contributed by atoms with E-state index in [1.165, 1.54) is 0 Å². The molecular formula is C13H16ClNO3S. The minimum absolute atomic E-state index is 0.0430. The van der Waals surface area contributed by atoms with Crippen LogP contribution < -0.4 is 4.90 Å². The van der Waals surface area contributed by atoms with Gasteiger partial charge < -0.3 is 4.90 Å². The smallest absolute Gasteiger partial charge is 0.232 e. The molecule has 1 saturated heterocycles. The van der Waals surface area contributed by atoms with Crippen molar-refractivity contribution in [1.29, 1.82) is 0 Å².